The molecule has 1 aromatic heterocycles. The van der Waals surface area contributed by atoms with E-state index in [2.05, 4.69) is 22.5 Å². The van der Waals surface area contributed by atoms with Gasteiger partial charge in [-0.15, -0.1) is 0 Å². The molecule has 0 aliphatic heterocycles. The minimum absolute atomic E-state index is 0.670. The highest BCUT2D eigenvalue weighted by molar-refractivity contribution is 7.71. The fourth-order valence-electron chi connectivity index (χ4n) is 3.42. The van der Waals surface area contributed by atoms with Crippen molar-refractivity contribution in [2.45, 2.75) is 45.6 Å². The number of nitriles is 1. The highest BCUT2D eigenvalue weighted by Gasteiger charge is 2.18. The molecule has 1 N–H and O–H groups in total. The monoisotopic (exact) mass is 299 g/mol. The summed E-state index contributed by atoms with van der Waals surface area (Å²) in [6.45, 7) is 3.31. The van der Waals surface area contributed by atoms with Crippen molar-refractivity contribution >= 4 is 23.3 Å². The molecule has 2 aromatic rings. The zero-order valence-corrected chi connectivity index (χ0v) is 13.2. The molecule has 0 unspecified atom stereocenters. The van der Waals surface area contributed by atoms with E-state index in [1.165, 1.54) is 32.1 Å². The van der Waals surface area contributed by atoms with Crippen LogP contribution in [0.1, 0.15) is 44.6 Å². The maximum absolute atomic E-state index is 9.18. The van der Waals surface area contributed by atoms with Crippen LogP contribution in [-0.2, 0) is 6.54 Å². The van der Waals surface area contributed by atoms with E-state index in [-0.39, 0.29) is 0 Å². The third-order valence-electron chi connectivity index (χ3n) is 4.83. The third kappa shape index (κ3) is 2.89. The van der Waals surface area contributed by atoms with Gasteiger partial charge in [0.25, 0.3) is 0 Å². The van der Waals surface area contributed by atoms with Crippen LogP contribution in [0.5, 0.6) is 0 Å². The molecule has 1 heterocycles. The molecule has 0 saturated heterocycles. The molecule has 0 amide bonds. The van der Waals surface area contributed by atoms with Crippen molar-refractivity contribution < 1.29 is 0 Å². The Morgan fingerprint density at radius 3 is 2.81 bits per heavy atom. The van der Waals surface area contributed by atoms with Crippen molar-refractivity contribution in [1.82, 2.24) is 9.55 Å². The summed E-state index contributed by atoms with van der Waals surface area (Å²) in [7, 11) is 0. The zero-order valence-electron chi connectivity index (χ0n) is 12.4. The number of fused-ring (bicyclic) bond motifs is 1. The van der Waals surface area contributed by atoms with E-state index in [1.807, 2.05) is 18.2 Å². The van der Waals surface area contributed by atoms with E-state index in [4.69, 9.17) is 12.2 Å². The van der Waals surface area contributed by atoms with E-state index < -0.39 is 0 Å². The maximum Gasteiger partial charge on any atom is 0.178 e. The molecule has 3 nitrogen and oxygen atoms in total. The lowest BCUT2D eigenvalue weighted by Gasteiger charge is -2.26. The predicted octanol–water partition coefficient (Wildman–Crippen LogP) is 4.79. The first kappa shape index (κ1) is 14.3. The molecule has 0 bridgehead atoms. The summed E-state index contributed by atoms with van der Waals surface area (Å²) in [5.74, 6) is 1.72. The number of aromatic nitrogens is 2. The number of hydrogen-bond acceptors (Lipinski definition) is 2. The number of nitrogens with zero attached hydrogens (tertiary/aromatic N) is 2. The number of H-pyrrole nitrogens is 1. The Kier molecular flexibility index (Phi) is 4.12. The van der Waals surface area contributed by atoms with Gasteiger partial charge in [0.1, 0.15) is 6.07 Å². The average Bonchev–Trinajstić information content (AvgIpc) is 2.82. The van der Waals surface area contributed by atoms with Crippen LogP contribution in [0.4, 0.5) is 0 Å². The quantitative estimate of drug-likeness (QED) is 0.828. The Labute approximate surface area is 130 Å². The molecule has 1 aliphatic carbocycles. The number of benzene rings is 1. The number of para-hydroxylation sites is 1. The minimum atomic E-state index is 0.670. The fraction of sp³-hybridized carbons (Fsp3) is 0.529. The molecule has 1 saturated carbocycles. The van der Waals surface area contributed by atoms with Gasteiger partial charge in [-0.25, -0.2) is 0 Å². The van der Waals surface area contributed by atoms with Gasteiger partial charge in [0.2, 0.25) is 0 Å². The van der Waals surface area contributed by atoms with Crippen LogP contribution in [0.15, 0.2) is 18.2 Å². The molecule has 1 aromatic carbocycles. The summed E-state index contributed by atoms with van der Waals surface area (Å²) < 4.78 is 2.89. The minimum Gasteiger partial charge on any atom is -0.329 e. The topological polar surface area (TPSA) is 44.5 Å². The Balaban J connectivity index is 1.80. The lowest BCUT2D eigenvalue weighted by atomic mass is 9.81. The molecular weight excluding hydrogens is 278 g/mol. The lowest BCUT2D eigenvalue weighted by molar-refractivity contribution is 0.269. The van der Waals surface area contributed by atoms with Crippen LogP contribution >= 0.6 is 12.2 Å². The summed E-state index contributed by atoms with van der Waals surface area (Å²) >= 11 is 5.44. The first-order valence-electron chi connectivity index (χ1n) is 7.80. The molecule has 0 spiro atoms. The number of aromatic amines is 1. The van der Waals surface area contributed by atoms with Crippen LogP contribution < -0.4 is 0 Å². The highest BCUT2D eigenvalue weighted by atomic mass is 32.1. The van der Waals surface area contributed by atoms with E-state index >= 15 is 0 Å². The molecule has 21 heavy (non-hydrogen) atoms. The molecule has 0 atom stereocenters. The normalized spacial score (nSPS) is 22.3. The molecule has 1 aliphatic rings. The third-order valence-corrected chi connectivity index (χ3v) is 5.15. The molecule has 1 fully saturated rings. The fourth-order valence-corrected chi connectivity index (χ4v) is 3.72. The van der Waals surface area contributed by atoms with Gasteiger partial charge in [-0.3, -0.25) is 0 Å². The maximum atomic E-state index is 9.18. The van der Waals surface area contributed by atoms with Crippen molar-refractivity contribution in [3.05, 3.63) is 28.5 Å². The predicted molar refractivity (Wildman–Crippen MR) is 87.6 cm³/mol. The van der Waals surface area contributed by atoms with Crippen molar-refractivity contribution in [2.24, 2.45) is 11.8 Å². The number of hydrogen-bond donors (Lipinski definition) is 1. The molecular formula is C17H21N3S. The summed E-state index contributed by atoms with van der Waals surface area (Å²) in [5.41, 5.74) is 2.61. The van der Waals surface area contributed by atoms with Gasteiger partial charge >= 0.3 is 0 Å². The molecule has 110 valence electrons. The zero-order chi connectivity index (χ0) is 14.8. The smallest absolute Gasteiger partial charge is 0.178 e. The van der Waals surface area contributed by atoms with Crippen molar-refractivity contribution in [2.75, 3.05) is 0 Å². The second kappa shape index (κ2) is 6.03. The second-order valence-electron chi connectivity index (χ2n) is 6.31. The van der Waals surface area contributed by atoms with Crippen molar-refractivity contribution in [3.8, 4) is 6.07 Å². The van der Waals surface area contributed by atoms with Gasteiger partial charge in [-0.05, 0) is 42.6 Å². The van der Waals surface area contributed by atoms with Crippen LogP contribution in [0, 0.1) is 27.9 Å². The first-order valence-corrected chi connectivity index (χ1v) is 8.21. The molecule has 0 radical (unpaired) electrons. The van der Waals surface area contributed by atoms with Gasteiger partial charge in [0.15, 0.2) is 4.77 Å². The van der Waals surface area contributed by atoms with Crippen LogP contribution in [0.25, 0.3) is 11.0 Å². The Morgan fingerprint density at radius 1 is 1.33 bits per heavy atom. The second-order valence-corrected chi connectivity index (χ2v) is 6.69. The van der Waals surface area contributed by atoms with Gasteiger partial charge < -0.3 is 9.55 Å². The number of imidazole rings is 1. The average molecular weight is 299 g/mol. The van der Waals surface area contributed by atoms with Gasteiger partial charge in [-0.2, -0.15) is 5.26 Å². The molecule has 4 heteroatoms. The SMILES string of the molecule is CC1CCC(CCn2c(=S)[nH]c3c(C#N)cccc32)CC1. The summed E-state index contributed by atoms with van der Waals surface area (Å²) in [4.78, 5) is 3.20. The Hall–Kier alpha value is -1.60. The first-order chi connectivity index (χ1) is 10.2. The van der Waals surface area contributed by atoms with Gasteiger partial charge in [0, 0.05) is 6.54 Å². The van der Waals surface area contributed by atoms with E-state index in [0.717, 1.165) is 34.2 Å². The largest absolute Gasteiger partial charge is 0.329 e. The van der Waals surface area contributed by atoms with E-state index in [9.17, 15) is 5.26 Å². The van der Waals surface area contributed by atoms with Gasteiger partial charge in [-0.1, -0.05) is 38.7 Å². The number of aryl methyl sites for hydroxylation is 1. The van der Waals surface area contributed by atoms with Crippen molar-refractivity contribution in [3.63, 3.8) is 0 Å². The summed E-state index contributed by atoms with van der Waals surface area (Å²) in [6, 6.07) is 8.04. The molecule has 3 rings (SSSR count). The number of rotatable bonds is 3. The van der Waals surface area contributed by atoms with E-state index in [1.54, 1.807) is 0 Å². The van der Waals surface area contributed by atoms with E-state index in [0.29, 0.717) is 5.56 Å². The van der Waals surface area contributed by atoms with Crippen LogP contribution in [0.3, 0.4) is 0 Å². The van der Waals surface area contributed by atoms with Crippen LogP contribution in [-0.4, -0.2) is 9.55 Å². The van der Waals surface area contributed by atoms with Crippen molar-refractivity contribution in [1.29, 1.82) is 5.26 Å². The lowest BCUT2D eigenvalue weighted by Crippen LogP contribution is -2.14. The highest BCUT2D eigenvalue weighted by Crippen LogP contribution is 2.31. The number of nitrogens with one attached hydrogen (secondary N) is 1. The Bertz CT molecular complexity index is 727. The standard InChI is InChI=1S/C17H21N3S/c1-12-5-7-13(8-6-12)9-10-20-15-4-2-3-14(11-18)16(15)19-17(20)21/h2-4,12-13H,5-10H2,1H3,(H,19,21). The van der Waals surface area contributed by atoms with Gasteiger partial charge in [0.05, 0.1) is 16.6 Å². The summed E-state index contributed by atoms with van der Waals surface area (Å²) in [6.07, 6.45) is 6.61. The Morgan fingerprint density at radius 2 is 2.10 bits per heavy atom. The summed E-state index contributed by atoms with van der Waals surface area (Å²) in [5, 5.41) is 9.18. The van der Waals surface area contributed by atoms with Crippen LogP contribution in [0.2, 0.25) is 0 Å².